The van der Waals surface area contributed by atoms with Crippen LogP contribution < -0.4 is 5.32 Å². The zero-order valence-electron chi connectivity index (χ0n) is 14.9. The van der Waals surface area contributed by atoms with Crippen molar-refractivity contribution in [1.82, 2.24) is 5.32 Å². The summed E-state index contributed by atoms with van der Waals surface area (Å²) in [5.41, 5.74) is 2.95. The second-order valence-corrected chi connectivity index (χ2v) is 7.70. The van der Waals surface area contributed by atoms with Gasteiger partial charge in [0.25, 0.3) is 5.91 Å². The number of benzene rings is 2. The number of nitrogens with one attached hydrogen (secondary N) is 1. The maximum Gasteiger partial charge on any atom is 0.255 e. The number of nitrogens with zero attached hydrogens (tertiary/aromatic N) is 1. The molecule has 4 heteroatoms. The Labute approximate surface area is 157 Å². The Hall–Kier alpha value is -2.38. The van der Waals surface area contributed by atoms with Crippen LogP contribution in [0.4, 0.5) is 0 Å². The Kier molecular flexibility index (Phi) is 5.81. The van der Waals surface area contributed by atoms with E-state index < -0.39 is 5.41 Å². The standard InChI is InChI=1S/C21H21BrN2O/c1-14-16(11-8-12-18(14)22)20(25)24-19(21(2,3)4)17(13-23)15-9-6-5-7-10-15/h5-12H,1-4H3,(H,24,25). The van der Waals surface area contributed by atoms with Crippen LogP contribution in [0.1, 0.15) is 42.3 Å². The number of hydrogen-bond acceptors (Lipinski definition) is 2. The van der Waals surface area contributed by atoms with Crippen LogP contribution in [-0.4, -0.2) is 5.91 Å². The molecule has 0 aliphatic carbocycles. The molecule has 0 unspecified atom stereocenters. The van der Waals surface area contributed by atoms with Crippen molar-refractivity contribution < 1.29 is 4.79 Å². The van der Waals surface area contributed by atoms with E-state index in [0.717, 1.165) is 15.6 Å². The molecule has 2 aromatic rings. The predicted molar refractivity (Wildman–Crippen MR) is 105 cm³/mol. The molecule has 0 heterocycles. The number of amides is 1. The molecule has 1 N–H and O–H groups in total. The van der Waals surface area contributed by atoms with Crippen LogP contribution in [0, 0.1) is 23.7 Å². The van der Waals surface area contributed by atoms with Gasteiger partial charge < -0.3 is 5.32 Å². The van der Waals surface area contributed by atoms with E-state index in [1.807, 2.05) is 70.2 Å². The molecule has 0 radical (unpaired) electrons. The maximum absolute atomic E-state index is 12.9. The molecule has 0 saturated carbocycles. The van der Waals surface area contributed by atoms with Gasteiger partial charge in [0.2, 0.25) is 0 Å². The quantitative estimate of drug-likeness (QED) is 0.699. The fourth-order valence-electron chi connectivity index (χ4n) is 2.53. The molecule has 0 aliphatic heterocycles. The van der Waals surface area contributed by atoms with Crippen molar-refractivity contribution in [2.75, 3.05) is 0 Å². The van der Waals surface area contributed by atoms with Crippen molar-refractivity contribution in [2.45, 2.75) is 27.7 Å². The Morgan fingerprint density at radius 1 is 1.08 bits per heavy atom. The van der Waals surface area contributed by atoms with Gasteiger partial charge in [-0.05, 0) is 30.2 Å². The molecule has 0 spiro atoms. The number of carbonyl (C=O) groups excluding carboxylic acids is 1. The first-order valence-electron chi connectivity index (χ1n) is 8.02. The van der Waals surface area contributed by atoms with E-state index in [-0.39, 0.29) is 5.91 Å². The van der Waals surface area contributed by atoms with Gasteiger partial charge in [-0.15, -0.1) is 0 Å². The average molecular weight is 397 g/mol. The molecule has 0 fully saturated rings. The molecular formula is C21H21BrN2O. The van der Waals surface area contributed by atoms with Gasteiger partial charge in [0, 0.05) is 21.1 Å². The highest BCUT2D eigenvalue weighted by atomic mass is 79.9. The van der Waals surface area contributed by atoms with Gasteiger partial charge in [-0.25, -0.2) is 0 Å². The fourth-order valence-corrected chi connectivity index (χ4v) is 2.90. The minimum Gasteiger partial charge on any atom is -0.324 e. The van der Waals surface area contributed by atoms with E-state index >= 15 is 0 Å². The van der Waals surface area contributed by atoms with Crippen LogP contribution in [0.15, 0.2) is 58.7 Å². The summed E-state index contributed by atoms with van der Waals surface area (Å²) in [5, 5.41) is 12.7. The highest BCUT2D eigenvalue weighted by Gasteiger charge is 2.25. The molecule has 2 aromatic carbocycles. The summed E-state index contributed by atoms with van der Waals surface area (Å²) in [4.78, 5) is 12.9. The summed E-state index contributed by atoms with van der Waals surface area (Å²) >= 11 is 3.46. The summed E-state index contributed by atoms with van der Waals surface area (Å²) in [6, 6.07) is 17.2. The van der Waals surface area contributed by atoms with E-state index in [9.17, 15) is 10.1 Å². The lowest BCUT2D eigenvalue weighted by Crippen LogP contribution is -2.31. The van der Waals surface area contributed by atoms with Gasteiger partial charge in [0.05, 0.1) is 5.57 Å². The van der Waals surface area contributed by atoms with E-state index in [0.29, 0.717) is 16.8 Å². The minimum atomic E-state index is -0.392. The first kappa shape index (κ1) is 19.0. The normalized spacial score (nSPS) is 12.2. The Morgan fingerprint density at radius 2 is 1.72 bits per heavy atom. The molecule has 0 bridgehead atoms. The average Bonchev–Trinajstić information content (AvgIpc) is 2.57. The van der Waals surface area contributed by atoms with Crippen molar-refractivity contribution in [2.24, 2.45) is 5.41 Å². The molecule has 0 aromatic heterocycles. The van der Waals surface area contributed by atoms with Gasteiger partial charge >= 0.3 is 0 Å². The zero-order chi connectivity index (χ0) is 18.6. The summed E-state index contributed by atoms with van der Waals surface area (Å²) in [6.45, 7) is 7.84. The third kappa shape index (κ3) is 4.37. The SMILES string of the molecule is Cc1c(Br)cccc1C(=O)NC(=C(C#N)c1ccccc1)C(C)(C)C. The van der Waals surface area contributed by atoms with Crippen LogP contribution in [-0.2, 0) is 0 Å². The number of halogens is 1. The Bertz CT molecular complexity index is 856. The van der Waals surface area contributed by atoms with Crippen molar-refractivity contribution >= 4 is 27.4 Å². The van der Waals surface area contributed by atoms with Crippen molar-refractivity contribution in [3.05, 3.63) is 75.4 Å². The third-order valence-electron chi connectivity index (χ3n) is 3.93. The second kappa shape index (κ2) is 7.67. The van der Waals surface area contributed by atoms with Crippen molar-refractivity contribution in [3.63, 3.8) is 0 Å². The lowest BCUT2D eigenvalue weighted by atomic mass is 9.86. The summed E-state index contributed by atoms with van der Waals surface area (Å²) < 4.78 is 0.880. The fraction of sp³-hybridized carbons (Fsp3) is 0.238. The van der Waals surface area contributed by atoms with Crippen molar-refractivity contribution in [3.8, 4) is 6.07 Å². The number of rotatable bonds is 3. The molecule has 2 rings (SSSR count). The van der Waals surface area contributed by atoms with E-state index in [4.69, 9.17) is 0 Å². The zero-order valence-corrected chi connectivity index (χ0v) is 16.4. The van der Waals surface area contributed by atoms with Crippen LogP contribution >= 0.6 is 15.9 Å². The van der Waals surface area contributed by atoms with Gasteiger partial charge in [-0.3, -0.25) is 4.79 Å². The smallest absolute Gasteiger partial charge is 0.255 e. The maximum atomic E-state index is 12.9. The topological polar surface area (TPSA) is 52.9 Å². The lowest BCUT2D eigenvalue weighted by Gasteiger charge is -2.26. The molecule has 0 saturated heterocycles. The number of nitriles is 1. The van der Waals surface area contributed by atoms with Crippen LogP contribution in [0.3, 0.4) is 0 Å². The third-order valence-corrected chi connectivity index (χ3v) is 4.78. The highest BCUT2D eigenvalue weighted by Crippen LogP contribution is 2.31. The molecule has 25 heavy (non-hydrogen) atoms. The summed E-state index contributed by atoms with van der Waals surface area (Å²) in [6.07, 6.45) is 0. The molecule has 0 atom stereocenters. The lowest BCUT2D eigenvalue weighted by molar-refractivity contribution is 0.0957. The first-order chi connectivity index (χ1) is 11.8. The van der Waals surface area contributed by atoms with Crippen LogP contribution in [0.25, 0.3) is 5.57 Å². The molecule has 1 amide bonds. The van der Waals surface area contributed by atoms with E-state index in [1.165, 1.54) is 0 Å². The number of allylic oxidation sites excluding steroid dienone is 2. The van der Waals surface area contributed by atoms with Crippen LogP contribution in [0.2, 0.25) is 0 Å². The number of carbonyl (C=O) groups is 1. The van der Waals surface area contributed by atoms with Gasteiger partial charge in [-0.2, -0.15) is 5.26 Å². The van der Waals surface area contributed by atoms with Crippen molar-refractivity contribution in [1.29, 1.82) is 5.26 Å². The molecule has 3 nitrogen and oxygen atoms in total. The minimum absolute atomic E-state index is 0.215. The molecule has 128 valence electrons. The molecule has 0 aliphatic rings. The molecular weight excluding hydrogens is 376 g/mol. The number of hydrogen-bond donors (Lipinski definition) is 1. The van der Waals surface area contributed by atoms with E-state index in [2.05, 4.69) is 27.3 Å². The van der Waals surface area contributed by atoms with Crippen LogP contribution in [0.5, 0.6) is 0 Å². The van der Waals surface area contributed by atoms with E-state index in [1.54, 1.807) is 6.07 Å². The Balaban J connectivity index is 2.53. The van der Waals surface area contributed by atoms with Gasteiger partial charge in [0.15, 0.2) is 0 Å². The largest absolute Gasteiger partial charge is 0.324 e. The highest BCUT2D eigenvalue weighted by molar-refractivity contribution is 9.10. The van der Waals surface area contributed by atoms with Gasteiger partial charge in [0.1, 0.15) is 6.07 Å². The second-order valence-electron chi connectivity index (χ2n) is 6.84. The monoisotopic (exact) mass is 396 g/mol. The Morgan fingerprint density at radius 3 is 2.28 bits per heavy atom. The first-order valence-corrected chi connectivity index (χ1v) is 8.81. The predicted octanol–water partition coefficient (Wildman–Crippen LogP) is 5.47. The van der Waals surface area contributed by atoms with Gasteiger partial charge in [-0.1, -0.05) is 73.1 Å². The summed E-state index contributed by atoms with van der Waals surface area (Å²) in [5.74, 6) is -0.215. The summed E-state index contributed by atoms with van der Waals surface area (Å²) in [7, 11) is 0.